The van der Waals surface area contributed by atoms with Crippen LogP contribution in [0.25, 0.3) is 5.82 Å². The molecule has 29 heavy (non-hydrogen) atoms. The van der Waals surface area contributed by atoms with Gasteiger partial charge in [-0.15, -0.1) is 24.0 Å². The first-order valence-corrected chi connectivity index (χ1v) is 9.41. The molecule has 1 aromatic carbocycles. The van der Waals surface area contributed by atoms with Gasteiger partial charge in [-0.2, -0.15) is 0 Å². The van der Waals surface area contributed by atoms with E-state index in [4.69, 9.17) is 4.74 Å². The fourth-order valence-electron chi connectivity index (χ4n) is 2.64. The van der Waals surface area contributed by atoms with E-state index in [0.29, 0.717) is 19.7 Å². The molecular formula is C21H27IN6O. The number of nitrogens with zero attached hydrogens (tertiary/aromatic N) is 4. The lowest BCUT2D eigenvalue weighted by molar-refractivity contribution is 0.322. The van der Waals surface area contributed by atoms with Gasteiger partial charge in [-0.05, 0) is 37.6 Å². The molecular weight excluding hydrogens is 479 g/mol. The first-order valence-electron chi connectivity index (χ1n) is 9.41. The molecule has 0 saturated carbocycles. The molecule has 7 nitrogen and oxygen atoms in total. The Morgan fingerprint density at radius 3 is 2.59 bits per heavy atom. The molecule has 2 aromatic heterocycles. The van der Waals surface area contributed by atoms with E-state index < -0.39 is 0 Å². The van der Waals surface area contributed by atoms with Crippen LogP contribution in [-0.4, -0.2) is 40.2 Å². The number of pyridine rings is 1. The van der Waals surface area contributed by atoms with Crippen LogP contribution in [0.1, 0.15) is 18.3 Å². The number of para-hydroxylation sites is 1. The number of hydrogen-bond acceptors (Lipinski definition) is 4. The summed E-state index contributed by atoms with van der Waals surface area (Å²) in [4.78, 5) is 13.4. The topological polar surface area (TPSA) is 76.4 Å². The van der Waals surface area contributed by atoms with Crippen molar-refractivity contribution in [3.63, 3.8) is 0 Å². The zero-order valence-electron chi connectivity index (χ0n) is 16.7. The molecule has 3 rings (SSSR count). The Balaban J connectivity index is 0.00000300. The average molecular weight is 506 g/mol. The van der Waals surface area contributed by atoms with Crippen LogP contribution < -0.4 is 15.4 Å². The van der Waals surface area contributed by atoms with Crippen molar-refractivity contribution in [2.75, 3.05) is 19.7 Å². The third-order valence-electron chi connectivity index (χ3n) is 4.05. The summed E-state index contributed by atoms with van der Waals surface area (Å²) < 4.78 is 7.64. The van der Waals surface area contributed by atoms with Crippen molar-refractivity contribution < 1.29 is 4.74 Å². The molecule has 154 valence electrons. The first kappa shape index (κ1) is 22.7. The number of nitrogens with one attached hydrogen (secondary N) is 2. The van der Waals surface area contributed by atoms with Gasteiger partial charge in [0.25, 0.3) is 0 Å². The SMILES string of the molecule is CCNC(=NCc1ccc(-n2ccnc2C)nc1)NCCOc1ccccc1.I. The maximum Gasteiger partial charge on any atom is 0.191 e. The molecule has 0 aliphatic carbocycles. The van der Waals surface area contributed by atoms with Gasteiger partial charge in [0.05, 0.1) is 13.1 Å². The highest BCUT2D eigenvalue weighted by Gasteiger charge is 2.02. The van der Waals surface area contributed by atoms with Crippen LogP contribution in [0.3, 0.4) is 0 Å². The van der Waals surface area contributed by atoms with Gasteiger partial charge in [-0.3, -0.25) is 4.57 Å². The first-order chi connectivity index (χ1) is 13.8. The second kappa shape index (κ2) is 12.1. The Bertz CT molecular complexity index is 880. The van der Waals surface area contributed by atoms with E-state index in [-0.39, 0.29) is 24.0 Å². The van der Waals surface area contributed by atoms with Crippen molar-refractivity contribution in [2.45, 2.75) is 20.4 Å². The van der Waals surface area contributed by atoms with Crippen molar-refractivity contribution in [3.8, 4) is 11.6 Å². The second-order valence-corrected chi connectivity index (χ2v) is 6.15. The Morgan fingerprint density at radius 2 is 1.93 bits per heavy atom. The fraction of sp³-hybridized carbons (Fsp3) is 0.286. The number of rotatable bonds is 8. The maximum absolute atomic E-state index is 5.69. The zero-order chi connectivity index (χ0) is 19.6. The molecule has 0 fully saturated rings. The third-order valence-corrected chi connectivity index (χ3v) is 4.05. The predicted molar refractivity (Wildman–Crippen MR) is 126 cm³/mol. The van der Waals surface area contributed by atoms with Crippen molar-refractivity contribution in [1.29, 1.82) is 0 Å². The van der Waals surface area contributed by atoms with Gasteiger partial charge in [0.15, 0.2) is 5.96 Å². The molecule has 0 bridgehead atoms. The van der Waals surface area contributed by atoms with Gasteiger partial charge < -0.3 is 15.4 Å². The molecule has 0 unspecified atom stereocenters. The lowest BCUT2D eigenvalue weighted by Gasteiger charge is -2.12. The van der Waals surface area contributed by atoms with E-state index in [2.05, 4.69) is 25.6 Å². The number of imidazole rings is 1. The number of guanidine groups is 1. The third kappa shape index (κ3) is 7.04. The highest BCUT2D eigenvalue weighted by atomic mass is 127. The summed E-state index contributed by atoms with van der Waals surface area (Å²) in [5, 5.41) is 6.53. The van der Waals surface area contributed by atoms with Crippen LogP contribution in [0, 0.1) is 6.92 Å². The molecule has 0 atom stereocenters. The number of benzene rings is 1. The Labute approximate surface area is 188 Å². The smallest absolute Gasteiger partial charge is 0.191 e. The van der Waals surface area contributed by atoms with Gasteiger partial charge in [-0.1, -0.05) is 24.3 Å². The van der Waals surface area contributed by atoms with Crippen LogP contribution in [-0.2, 0) is 6.54 Å². The summed E-state index contributed by atoms with van der Waals surface area (Å²) >= 11 is 0. The molecule has 0 aliphatic heterocycles. The second-order valence-electron chi connectivity index (χ2n) is 6.15. The highest BCUT2D eigenvalue weighted by Crippen LogP contribution is 2.09. The summed E-state index contributed by atoms with van der Waals surface area (Å²) in [5.74, 6) is 3.39. The minimum absolute atomic E-state index is 0. The van der Waals surface area contributed by atoms with Crippen LogP contribution in [0.4, 0.5) is 0 Å². The van der Waals surface area contributed by atoms with Crippen LogP contribution in [0.2, 0.25) is 0 Å². The molecule has 8 heteroatoms. The molecule has 0 spiro atoms. The largest absolute Gasteiger partial charge is 0.492 e. The summed E-state index contributed by atoms with van der Waals surface area (Å²) in [6.07, 6.45) is 5.52. The quantitative estimate of drug-likeness (QED) is 0.212. The highest BCUT2D eigenvalue weighted by molar-refractivity contribution is 14.0. The molecule has 3 aromatic rings. The lowest BCUT2D eigenvalue weighted by atomic mass is 10.3. The standard InChI is InChI=1S/C21H26N6O.HI/c1-3-22-21(24-12-14-28-19-7-5-4-6-8-19)26-16-18-9-10-20(25-15-18)27-13-11-23-17(27)2;/h4-11,13,15H,3,12,14,16H2,1-2H3,(H2,22,24,26);1H. The van der Waals surface area contributed by atoms with E-state index in [9.17, 15) is 0 Å². The van der Waals surface area contributed by atoms with Crippen molar-refractivity contribution in [3.05, 3.63) is 72.4 Å². The Kier molecular flexibility index (Phi) is 9.42. The van der Waals surface area contributed by atoms with E-state index in [1.165, 1.54) is 0 Å². The number of aryl methyl sites for hydroxylation is 1. The monoisotopic (exact) mass is 506 g/mol. The zero-order valence-corrected chi connectivity index (χ0v) is 19.0. The van der Waals surface area contributed by atoms with E-state index >= 15 is 0 Å². The summed E-state index contributed by atoms with van der Waals surface area (Å²) in [5.41, 5.74) is 1.04. The van der Waals surface area contributed by atoms with Gasteiger partial charge in [0, 0.05) is 25.1 Å². The molecule has 0 saturated heterocycles. The average Bonchev–Trinajstić information content (AvgIpc) is 3.16. The van der Waals surface area contributed by atoms with E-state index in [0.717, 1.165) is 35.5 Å². The molecule has 0 aliphatic rings. The molecule has 0 amide bonds. The van der Waals surface area contributed by atoms with Gasteiger partial charge in [0.2, 0.25) is 0 Å². The van der Waals surface area contributed by atoms with Crippen LogP contribution >= 0.6 is 24.0 Å². The van der Waals surface area contributed by atoms with Crippen molar-refractivity contribution in [2.24, 2.45) is 4.99 Å². The van der Waals surface area contributed by atoms with E-state index in [1.54, 1.807) is 6.20 Å². The number of hydrogen-bond donors (Lipinski definition) is 2. The van der Waals surface area contributed by atoms with E-state index in [1.807, 2.05) is 73.3 Å². The number of halogens is 1. The maximum atomic E-state index is 5.69. The van der Waals surface area contributed by atoms with Crippen molar-refractivity contribution >= 4 is 29.9 Å². The molecule has 2 heterocycles. The Hall–Kier alpha value is -2.62. The van der Waals surface area contributed by atoms with Gasteiger partial charge >= 0.3 is 0 Å². The van der Waals surface area contributed by atoms with Crippen molar-refractivity contribution in [1.82, 2.24) is 25.2 Å². The summed E-state index contributed by atoms with van der Waals surface area (Å²) in [7, 11) is 0. The minimum atomic E-state index is 0. The Morgan fingerprint density at radius 1 is 1.10 bits per heavy atom. The van der Waals surface area contributed by atoms with Crippen LogP contribution in [0.5, 0.6) is 5.75 Å². The minimum Gasteiger partial charge on any atom is -0.492 e. The van der Waals surface area contributed by atoms with Crippen LogP contribution in [0.15, 0.2) is 66.0 Å². The fourth-order valence-corrected chi connectivity index (χ4v) is 2.64. The van der Waals surface area contributed by atoms with Gasteiger partial charge in [-0.25, -0.2) is 15.0 Å². The van der Waals surface area contributed by atoms with Gasteiger partial charge in [0.1, 0.15) is 24.0 Å². The number of aromatic nitrogens is 3. The molecule has 0 radical (unpaired) electrons. The predicted octanol–water partition coefficient (Wildman–Crippen LogP) is 3.33. The normalized spacial score (nSPS) is 10.9. The number of aliphatic imine (C=N–C) groups is 1. The molecule has 2 N–H and O–H groups in total. The summed E-state index contributed by atoms with van der Waals surface area (Å²) in [6, 6.07) is 13.8. The number of ether oxygens (including phenoxy) is 1. The summed E-state index contributed by atoms with van der Waals surface area (Å²) in [6.45, 7) is 6.57. The lowest BCUT2D eigenvalue weighted by Crippen LogP contribution is -2.39.